The fraction of sp³-hybridized carbons (Fsp3) is 0.417. The van der Waals surface area contributed by atoms with Gasteiger partial charge in [0.2, 0.25) is 0 Å². The molecule has 0 bridgehead atoms. The Labute approximate surface area is 110 Å². The van der Waals surface area contributed by atoms with Gasteiger partial charge >= 0.3 is 6.09 Å². The average Bonchev–Trinajstić information content (AvgIpc) is 2.24. The highest BCUT2D eigenvalue weighted by Gasteiger charge is 2.11. The molecule has 0 aliphatic carbocycles. The Morgan fingerprint density at radius 1 is 1.50 bits per heavy atom. The zero-order valence-corrected chi connectivity index (χ0v) is 11.5. The van der Waals surface area contributed by atoms with Crippen LogP contribution in [0.1, 0.15) is 25.3 Å². The molecule has 0 radical (unpaired) electrons. The maximum absolute atomic E-state index is 11.0. The molecule has 4 heteroatoms. The van der Waals surface area contributed by atoms with Gasteiger partial charge < -0.3 is 10.0 Å². The summed E-state index contributed by atoms with van der Waals surface area (Å²) in [5, 5.41) is 9.05. The molecule has 0 saturated heterocycles. The van der Waals surface area contributed by atoms with Crippen molar-refractivity contribution in [3.63, 3.8) is 0 Å². The van der Waals surface area contributed by atoms with Crippen molar-refractivity contribution < 1.29 is 9.90 Å². The summed E-state index contributed by atoms with van der Waals surface area (Å²) in [6, 6.07) is 7.94. The Hall–Kier alpha value is -0.780. The lowest BCUT2D eigenvalue weighted by Gasteiger charge is -2.18. The van der Waals surface area contributed by atoms with Crippen molar-refractivity contribution in [2.75, 3.05) is 6.54 Å². The first kappa shape index (κ1) is 13.3. The highest BCUT2D eigenvalue weighted by atomic mass is 127. The van der Waals surface area contributed by atoms with Crippen LogP contribution in [-0.2, 0) is 6.54 Å². The maximum Gasteiger partial charge on any atom is 0.407 e. The summed E-state index contributed by atoms with van der Waals surface area (Å²) in [7, 11) is 0. The Balaban J connectivity index is 2.64. The fourth-order valence-electron chi connectivity index (χ4n) is 1.45. The van der Waals surface area contributed by atoms with Crippen LogP contribution in [0.4, 0.5) is 4.79 Å². The van der Waals surface area contributed by atoms with Crippen molar-refractivity contribution in [1.29, 1.82) is 0 Å². The third-order valence-electron chi connectivity index (χ3n) is 2.31. The molecular formula is C12H16INO2. The predicted molar refractivity (Wildman–Crippen MR) is 72.5 cm³/mol. The lowest BCUT2D eigenvalue weighted by Crippen LogP contribution is -2.29. The summed E-state index contributed by atoms with van der Waals surface area (Å²) in [5.74, 6) is 0. The van der Waals surface area contributed by atoms with Crippen LogP contribution < -0.4 is 0 Å². The highest BCUT2D eigenvalue weighted by Crippen LogP contribution is 2.11. The molecule has 0 aliphatic rings. The van der Waals surface area contributed by atoms with E-state index in [9.17, 15) is 4.79 Å². The van der Waals surface area contributed by atoms with Gasteiger partial charge in [-0.3, -0.25) is 0 Å². The van der Waals surface area contributed by atoms with Crippen molar-refractivity contribution in [3.05, 3.63) is 33.4 Å². The molecule has 1 aromatic rings. The van der Waals surface area contributed by atoms with Crippen LogP contribution in [0.2, 0.25) is 0 Å². The van der Waals surface area contributed by atoms with Crippen molar-refractivity contribution >= 4 is 28.7 Å². The number of hydrogen-bond acceptors (Lipinski definition) is 1. The molecule has 0 heterocycles. The number of nitrogens with zero attached hydrogens (tertiary/aromatic N) is 1. The van der Waals surface area contributed by atoms with Gasteiger partial charge in [0.25, 0.3) is 0 Å². The monoisotopic (exact) mass is 333 g/mol. The lowest BCUT2D eigenvalue weighted by molar-refractivity contribution is 0.141. The van der Waals surface area contributed by atoms with Crippen molar-refractivity contribution in [2.24, 2.45) is 0 Å². The third kappa shape index (κ3) is 4.38. The normalized spacial score (nSPS) is 10.1. The molecule has 16 heavy (non-hydrogen) atoms. The minimum absolute atomic E-state index is 0.478. The summed E-state index contributed by atoms with van der Waals surface area (Å²) in [6.45, 7) is 3.15. The maximum atomic E-state index is 11.0. The van der Waals surface area contributed by atoms with Crippen LogP contribution >= 0.6 is 22.6 Å². The summed E-state index contributed by atoms with van der Waals surface area (Å²) in [5.41, 5.74) is 1.05. The van der Waals surface area contributed by atoms with Gasteiger partial charge in [0.15, 0.2) is 0 Å². The van der Waals surface area contributed by atoms with Gasteiger partial charge in [0.1, 0.15) is 0 Å². The van der Waals surface area contributed by atoms with E-state index in [0.29, 0.717) is 13.1 Å². The molecule has 0 aromatic heterocycles. The number of carbonyl (C=O) groups is 1. The third-order valence-corrected chi connectivity index (χ3v) is 2.99. The van der Waals surface area contributed by atoms with E-state index >= 15 is 0 Å². The molecule has 3 nitrogen and oxygen atoms in total. The van der Waals surface area contributed by atoms with Crippen LogP contribution in [0.3, 0.4) is 0 Å². The minimum Gasteiger partial charge on any atom is -0.465 e. The number of rotatable bonds is 5. The molecule has 88 valence electrons. The van der Waals surface area contributed by atoms with E-state index in [2.05, 4.69) is 29.5 Å². The van der Waals surface area contributed by atoms with Crippen LogP contribution in [0.25, 0.3) is 0 Å². The molecular weight excluding hydrogens is 317 g/mol. The number of amides is 1. The topological polar surface area (TPSA) is 40.5 Å². The smallest absolute Gasteiger partial charge is 0.407 e. The summed E-state index contributed by atoms with van der Waals surface area (Å²) >= 11 is 2.23. The first-order valence-corrected chi connectivity index (χ1v) is 6.43. The van der Waals surface area contributed by atoms with Gasteiger partial charge in [-0.25, -0.2) is 4.79 Å². The first-order chi connectivity index (χ1) is 7.63. The van der Waals surface area contributed by atoms with Gasteiger partial charge in [-0.05, 0) is 46.7 Å². The van der Waals surface area contributed by atoms with Crippen molar-refractivity contribution in [3.8, 4) is 0 Å². The van der Waals surface area contributed by atoms with Gasteiger partial charge in [0.05, 0.1) is 0 Å². The molecule has 0 atom stereocenters. The highest BCUT2D eigenvalue weighted by molar-refractivity contribution is 14.1. The van der Waals surface area contributed by atoms with Crippen molar-refractivity contribution in [1.82, 2.24) is 4.90 Å². The second kappa shape index (κ2) is 6.73. The summed E-state index contributed by atoms with van der Waals surface area (Å²) in [6.07, 6.45) is 1.08. The van der Waals surface area contributed by atoms with E-state index in [4.69, 9.17) is 5.11 Å². The second-order valence-electron chi connectivity index (χ2n) is 3.69. The Bertz CT molecular complexity index is 355. The summed E-state index contributed by atoms with van der Waals surface area (Å²) in [4.78, 5) is 12.5. The zero-order valence-electron chi connectivity index (χ0n) is 9.32. The fourth-order valence-corrected chi connectivity index (χ4v) is 2.05. The Kier molecular flexibility index (Phi) is 5.59. The van der Waals surface area contributed by atoms with E-state index in [1.54, 1.807) is 0 Å². The second-order valence-corrected chi connectivity index (χ2v) is 4.93. The Morgan fingerprint density at radius 3 is 2.81 bits per heavy atom. The van der Waals surface area contributed by atoms with Crippen LogP contribution in [-0.4, -0.2) is 22.6 Å². The quantitative estimate of drug-likeness (QED) is 0.837. The van der Waals surface area contributed by atoms with Gasteiger partial charge in [-0.1, -0.05) is 25.5 Å². The number of unbranched alkanes of at least 4 members (excludes halogenated alkanes) is 1. The van der Waals surface area contributed by atoms with Gasteiger partial charge in [0, 0.05) is 16.7 Å². The van der Waals surface area contributed by atoms with Crippen LogP contribution in [0, 0.1) is 3.57 Å². The zero-order chi connectivity index (χ0) is 12.0. The predicted octanol–water partition coefficient (Wildman–Crippen LogP) is 3.57. The molecule has 0 unspecified atom stereocenters. The number of halogens is 1. The molecule has 0 fully saturated rings. The molecule has 1 rings (SSSR count). The van der Waals surface area contributed by atoms with Crippen molar-refractivity contribution in [2.45, 2.75) is 26.3 Å². The minimum atomic E-state index is -0.840. The Morgan fingerprint density at radius 2 is 2.25 bits per heavy atom. The lowest BCUT2D eigenvalue weighted by atomic mass is 10.2. The number of benzene rings is 1. The molecule has 0 spiro atoms. The first-order valence-electron chi connectivity index (χ1n) is 5.35. The standard InChI is InChI=1S/C12H16INO2/c1-2-3-7-14(12(15)16)9-10-5-4-6-11(13)8-10/h4-6,8H,2-3,7,9H2,1H3,(H,15,16). The van der Waals surface area contributed by atoms with E-state index < -0.39 is 6.09 Å². The number of carboxylic acid groups (broad SMARTS) is 1. The molecule has 0 aliphatic heterocycles. The van der Waals surface area contributed by atoms with E-state index in [-0.39, 0.29) is 0 Å². The van der Waals surface area contributed by atoms with E-state index in [0.717, 1.165) is 22.0 Å². The van der Waals surface area contributed by atoms with E-state index in [1.165, 1.54) is 4.90 Å². The molecule has 0 saturated carbocycles. The van der Waals surface area contributed by atoms with Crippen LogP contribution in [0.5, 0.6) is 0 Å². The molecule has 1 N–H and O–H groups in total. The molecule has 1 amide bonds. The SMILES string of the molecule is CCCCN(Cc1cccc(I)c1)C(=O)O. The number of hydrogen-bond donors (Lipinski definition) is 1. The van der Waals surface area contributed by atoms with Gasteiger partial charge in [-0.15, -0.1) is 0 Å². The summed E-state index contributed by atoms with van der Waals surface area (Å²) < 4.78 is 1.14. The van der Waals surface area contributed by atoms with E-state index in [1.807, 2.05) is 24.3 Å². The average molecular weight is 333 g/mol. The van der Waals surface area contributed by atoms with Crippen LogP contribution in [0.15, 0.2) is 24.3 Å². The van der Waals surface area contributed by atoms with Gasteiger partial charge in [-0.2, -0.15) is 0 Å². The molecule has 1 aromatic carbocycles. The largest absolute Gasteiger partial charge is 0.465 e.